The van der Waals surface area contributed by atoms with Gasteiger partial charge in [-0.15, -0.1) is 0 Å². The zero-order chi connectivity index (χ0) is 16.7. The van der Waals surface area contributed by atoms with Crippen LogP contribution in [0.3, 0.4) is 0 Å². The standard InChI is InChI=1S/C22H33NO/c1-16-11-12-19-20(14-16)24-21-18(15-17-8-5-4-6-9-17)10-7-13-23(21)22(19,2)3/h4-6,8-9,16,18-21H,7,10-15H2,1-3H3/t16-,18+,19-,20-,21+/m1/s1. The van der Waals surface area contributed by atoms with Crippen LogP contribution in [0.15, 0.2) is 30.3 Å². The van der Waals surface area contributed by atoms with E-state index >= 15 is 0 Å². The van der Waals surface area contributed by atoms with Gasteiger partial charge in [0, 0.05) is 23.9 Å². The molecule has 24 heavy (non-hydrogen) atoms. The summed E-state index contributed by atoms with van der Waals surface area (Å²) in [5, 5.41) is 0. The molecule has 3 aliphatic rings. The van der Waals surface area contributed by atoms with Crippen molar-refractivity contribution in [2.75, 3.05) is 6.54 Å². The predicted octanol–water partition coefficient (Wildman–Crippen LogP) is 4.88. The molecule has 0 aromatic heterocycles. The first-order valence-electron chi connectivity index (χ1n) is 10.0. The lowest BCUT2D eigenvalue weighted by atomic mass is 9.68. The second-order valence-corrected chi connectivity index (χ2v) is 9.03. The molecule has 0 bridgehead atoms. The third-order valence-electron chi connectivity index (χ3n) is 7.04. The average molecular weight is 328 g/mol. The van der Waals surface area contributed by atoms with Crippen molar-refractivity contribution >= 4 is 0 Å². The summed E-state index contributed by atoms with van der Waals surface area (Å²) >= 11 is 0. The highest BCUT2D eigenvalue weighted by Crippen LogP contribution is 2.48. The first-order valence-corrected chi connectivity index (χ1v) is 10.0. The maximum atomic E-state index is 6.81. The largest absolute Gasteiger partial charge is 0.359 e. The third kappa shape index (κ3) is 2.93. The first-order chi connectivity index (χ1) is 11.6. The number of hydrogen-bond donors (Lipinski definition) is 0. The van der Waals surface area contributed by atoms with E-state index in [9.17, 15) is 0 Å². The Labute approximate surface area is 147 Å². The van der Waals surface area contributed by atoms with Crippen molar-refractivity contribution in [3.63, 3.8) is 0 Å². The van der Waals surface area contributed by atoms with Gasteiger partial charge < -0.3 is 4.74 Å². The van der Waals surface area contributed by atoms with E-state index in [1.807, 2.05) is 0 Å². The van der Waals surface area contributed by atoms with Gasteiger partial charge in [-0.3, -0.25) is 4.90 Å². The van der Waals surface area contributed by atoms with Crippen molar-refractivity contribution in [2.45, 2.75) is 77.2 Å². The molecule has 5 atom stereocenters. The van der Waals surface area contributed by atoms with E-state index in [-0.39, 0.29) is 5.54 Å². The van der Waals surface area contributed by atoms with Gasteiger partial charge in [-0.1, -0.05) is 43.7 Å². The lowest BCUT2D eigenvalue weighted by molar-refractivity contribution is -0.260. The van der Waals surface area contributed by atoms with Gasteiger partial charge in [0.05, 0.1) is 6.10 Å². The van der Waals surface area contributed by atoms with E-state index in [4.69, 9.17) is 4.74 Å². The molecular formula is C22H33NO. The maximum Gasteiger partial charge on any atom is 0.114 e. The second kappa shape index (κ2) is 6.46. The minimum Gasteiger partial charge on any atom is -0.359 e. The van der Waals surface area contributed by atoms with Crippen molar-refractivity contribution in [3.8, 4) is 0 Å². The van der Waals surface area contributed by atoms with Crippen LogP contribution in [0.5, 0.6) is 0 Å². The van der Waals surface area contributed by atoms with E-state index in [1.54, 1.807) is 0 Å². The number of fused-ring (bicyclic) bond motifs is 2. The highest BCUT2D eigenvalue weighted by molar-refractivity contribution is 5.16. The lowest BCUT2D eigenvalue weighted by Crippen LogP contribution is -2.67. The molecule has 1 aromatic carbocycles. The fourth-order valence-electron chi connectivity index (χ4n) is 5.65. The Hall–Kier alpha value is -0.860. The van der Waals surface area contributed by atoms with E-state index in [0.717, 1.165) is 12.3 Å². The van der Waals surface area contributed by atoms with E-state index in [2.05, 4.69) is 56.0 Å². The minimum atomic E-state index is 0.281. The molecule has 2 nitrogen and oxygen atoms in total. The molecule has 1 saturated carbocycles. The maximum absolute atomic E-state index is 6.81. The molecule has 1 aromatic rings. The fourth-order valence-corrected chi connectivity index (χ4v) is 5.65. The SMILES string of the molecule is C[C@@H]1CC[C@@H]2[C@@H](C1)O[C@H]1[C@H](Cc3ccccc3)CCCN1C2(C)C. The molecule has 2 aliphatic heterocycles. The van der Waals surface area contributed by atoms with Crippen molar-refractivity contribution < 1.29 is 4.74 Å². The van der Waals surface area contributed by atoms with Gasteiger partial charge in [0.1, 0.15) is 6.23 Å². The Morgan fingerprint density at radius 3 is 2.71 bits per heavy atom. The van der Waals surface area contributed by atoms with Crippen LogP contribution < -0.4 is 0 Å². The average Bonchev–Trinajstić information content (AvgIpc) is 2.56. The molecule has 1 aliphatic carbocycles. The number of rotatable bonds is 2. The molecule has 2 heteroatoms. The summed E-state index contributed by atoms with van der Waals surface area (Å²) in [6, 6.07) is 11.0. The van der Waals surface area contributed by atoms with Gasteiger partial charge >= 0.3 is 0 Å². The molecule has 0 radical (unpaired) electrons. The van der Waals surface area contributed by atoms with Crippen LogP contribution in [0, 0.1) is 17.8 Å². The molecule has 0 spiro atoms. The molecule has 0 amide bonds. The summed E-state index contributed by atoms with van der Waals surface area (Å²) in [5.41, 5.74) is 1.74. The molecule has 0 unspecified atom stereocenters. The topological polar surface area (TPSA) is 12.5 Å². The first kappa shape index (κ1) is 16.6. The smallest absolute Gasteiger partial charge is 0.114 e. The zero-order valence-electron chi connectivity index (χ0n) is 15.6. The third-order valence-corrected chi connectivity index (χ3v) is 7.04. The van der Waals surface area contributed by atoms with Crippen molar-refractivity contribution in [3.05, 3.63) is 35.9 Å². The lowest BCUT2D eigenvalue weighted by Gasteiger charge is -2.60. The molecule has 132 valence electrons. The monoisotopic (exact) mass is 327 g/mol. The Bertz CT molecular complexity index is 554. The molecule has 0 N–H and O–H groups in total. The highest BCUT2D eigenvalue weighted by atomic mass is 16.5. The molecular weight excluding hydrogens is 294 g/mol. The van der Waals surface area contributed by atoms with Crippen LogP contribution in [-0.4, -0.2) is 29.3 Å². The second-order valence-electron chi connectivity index (χ2n) is 9.03. The number of nitrogens with zero attached hydrogens (tertiary/aromatic N) is 1. The van der Waals surface area contributed by atoms with Crippen LogP contribution in [0.4, 0.5) is 0 Å². The Kier molecular flexibility index (Phi) is 4.47. The summed E-state index contributed by atoms with van der Waals surface area (Å²) in [5.74, 6) is 2.17. The van der Waals surface area contributed by atoms with Gasteiger partial charge in [0.2, 0.25) is 0 Å². The summed E-state index contributed by atoms with van der Waals surface area (Å²) in [7, 11) is 0. The van der Waals surface area contributed by atoms with Crippen LogP contribution in [-0.2, 0) is 11.2 Å². The Balaban J connectivity index is 1.57. The van der Waals surface area contributed by atoms with Crippen LogP contribution in [0.25, 0.3) is 0 Å². The zero-order valence-corrected chi connectivity index (χ0v) is 15.6. The van der Waals surface area contributed by atoms with Gasteiger partial charge in [-0.05, 0) is 57.4 Å². The fraction of sp³-hybridized carbons (Fsp3) is 0.727. The Morgan fingerprint density at radius 2 is 1.92 bits per heavy atom. The normalized spacial score (nSPS) is 39.0. The van der Waals surface area contributed by atoms with Crippen molar-refractivity contribution in [2.24, 2.45) is 17.8 Å². The van der Waals surface area contributed by atoms with E-state index in [1.165, 1.54) is 44.2 Å². The number of ether oxygens (including phenoxy) is 1. The molecule has 3 fully saturated rings. The summed E-state index contributed by atoms with van der Waals surface area (Å²) < 4.78 is 6.81. The molecule has 4 rings (SSSR count). The van der Waals surface area contributed by atoms with Gasteiger partial charge in [-0.25, -0.2) is 0 Å². The molecule has 2 saturated heterocycles. The van der Waals surface area contributed by atoms with E-state index in [0.29, 0.717) is 24.2 Å². The van der Waals surface area contributed by atoms with Crippen LogP contribution >= 0.6 is 0 Å². The summed E-state index contributed by atoms with van der Waals surface area (Å²) in [6.07, 6.45) is 8.54. The van der Waals surface area contributed by atoms with Gasteiger partial charge in [-0.2, -0.15) is 0 Å². The quantitative estimate of drug-likeness (QED) is 0.767. The number of benzene rings is 1. The number of hydrogen-bond acceptors (Lipinski definition) is 2. The highest BCUT2D eigenvalue weighted by Gasteiger charge is 2.52. The minimum absolute atomic E-state index is 0.281. The number of piperidine rings is 1. The summed E-state index contributed by atoms with van der Waals surface area (Å²) in [4.78, 5) is 2.72. The van der Waals surface area contributed by atoms with E-state index < -0.39 is 0 Å². The van der Waals surface area contributed by atoms with Gasteiger partial charge in [0.25, 0.3) is 0 Å². The summed E-state index contributed by atoms with van der Waals surface area (Å²) in [6.45, 7) is 8.59. The van der Waals surface area contributed by atoms with Crippen LogP contribution in [0.1, 0.15) is 58.4 Å². The van der Waals surface area contributed by atoms with Crippen molar-refractivity contribution in [1.82, 2.24) is 4.90 Å². The molecule has 2 heterocycles. The van der Waals surface area contributed by atoms with Crippen molar-refractivity contribution in [1.29, 1.82) is 0 Å². The van der Waals surface area contributed by atoms with Crippen LogP contribution in [0.2, 0.25) is 0 Å². The van der Waals surface area contributed by atoms with Gasteiger partial charge in [0.15, 0.2) is 0 Å². The predicted molar refractivity (Wildman–Crippen MR) is 98.8 cm³/mol. The Morgan fingerprint density at radius 1 is 1.12 bits per heavy atom.